The van der Waals surface area contributed by atoms with Crippen LogP contribution in [0.1, 0.15) is 28.8 Å². The van der Waals surface area contributed by atoms with Crippen LogP contribution < -0.4 is 0 Å². The fourth-order valence-corrected chi connectivity index (χ4v) is 2.46. The summed E-state index contributed by atoms with van der Waals surface area (Å²) in [5.41, 5.74) is -0.564. The molecular weight excluding hydrogens is 267 g/mol. The van der Waals surface area contributed by atoms with Crippen molar-refractivity contribution >= 4 is 11.6 Å². The molecule has 1 aromatic rings. The zero-order valence-electron chi connectivity index (χ0n) is 11.0. The van der Waals surface area contributed by atoms with Gasteiger partial charge in [0.2, 0.25) is 0 Å². The van der Waals surface area contributed by atoms with Crippen LogP contribution in [-0.2, 0) is 0 Å². The van der Waals surface area contributed by atoms with Gasteiger partial charge < -0.3 is 10.0 Å². The Morgan fingerprint density at radius 2 is 2.30 bits per heavy atom. The summed E-state index contributed by atoms with van der Waals surface area (Å²) in [7, 11) is 0. The van der Waals surface area contributed by atoms with Gasteiger partial charge in [-0.05, 0) is 25.3 Å². The predicted molar refractivity (Wildman–Crippen MR) is 68.9 cm³/mol. The van der Waals surface area contributed by atoms with E-state index in [9.17, 15) is 24.4 Å². The SMILES string of the molecule is Cc1cc([N+](=O)[O-])cc(C(=O)N2CCC[C@@H]2CO)c1F. The van der Waals surface area contributed by atoms with Gasteiger partial charge in [0.1, 0.15) is 5.82 Å². The highest BCUT2D eigenvalue weighted by Crippen LogP contribution is 2.25. The Morgan fingerprint density at radius 1 is 1.60 bits per heavy atom. The number of amides is 1. The summed E-state index contributed by atoms with van der Waals surface area (Å²) >= 11 is 0. The first kappa shape index (κ1) is 14.4. The number of carbonyl (C=O) groups excluding carboxylic acids is 1. The minimum absolute atomic E-state index is 0.0577. The van der Waals surface area contributed by atoms with E-state index < -0.39 is 16.6 Å². The van der Waals surface area contributed by atoms with Crippen LogP contribution in [-0.4, -0.2) is 40.0 Å². The largest absolute Gasteiger partial charge is 0.394 e. The Labute approximate surface area is 115 Å². The number of nitro benzene ring substituents is 1. The topological polar surface area (TPSA) is 83.7 Å². The number of benzene rings is 1. The van der Waals surface area contributed by atoms with Crippen LogP contribution in [0.4, 0.5) is 10.1 Å². The molecule has 0 saturated carbocycles. The first-order chi connectivity index (χ1) is 9.45. The first-order valence-electron chi connectivity index (χ1n) is 6.32. The molecule has 20 heavy (non-hydrogen) atoms. The average Bonchev–Trinajstić information content (AvgIpc) is 2.89. The summed E-state index contributed by atoms with van der Waals surface area (Å²) in [5.74, 6) is -1.35. The Kier molecular flexibility index (Phi) is 3.99. The van der Waals surface area contributed by atoms with Gasteiger partial charge in [-0.2, -0.15) is 0 Å². The van der Waals surface area contributed by atoms with Crippen molar-refractivity contribution in [3.05, 3.63) is 39.2 Å². The van der Waals surface area contributed by atoms with Gasteiger partial charge in [-0.25, -0.2) is 4.39 Å². The molecule has 1 atom stereocenters. The minimum Gasteiger partial charge on any atom is -0.394 e. The maximum absolute atomic E-state index is 14.0. The number of likely N-dealkylation sites (tertiary alicyclic amines) is 1. The summed E-state index contributed by atoms with van der Waals surface area (Å²) in [4.78, 5) is 23.8. The van der Waals surface area contributed by atoms with E-state index in [1.807, 2.05) is 0 Å². The van der Waals surface area contributed by atoms with Crippen molar-refractivity contribution in [1.29, 1.82) is 0 Å². The Morgan fingerprint density at radius 3 is 2.90 bits per heavy atom. The molecule has 1 heterocycles. The van der Waals surface area contributed by atoms with Crippen LogP contribution in [0.5, 0.6) is 0 Å². The number of aryl methyl sites for hydroxylation is 1. The van der Waals surface area contributed by atoms with E-state index in [0.717, 1.165) is 18.6 Å². The molecule has 0 spiro atoms. The quantitative estimate of drug-likeness (QED) is 0.674. The molecule has 1 aliphatic rings. The second kappa shape index (κ2) is 5.54. The molecule has 2 rings (SSSR count). The summed E-state index contributed by atoms with van der Waals surface area (Å²) < 4.78 is 14.0. The van der Waals surface area contributed by atoms with E-state index in [0.29, 0.717) is 13.0 Å². The van der Waals surface area contributed by atoms with Crippen LogP contribution in [0, 0.1) is 22.9 Å². The highest BCUT2D eigenvalue weighted by molar-refractivity contribution is 5.95. The minimum atomic E-state index is -0.746. The van der Waals surface area contributed by atoms with E-state index in [2.05, 4.69) is 0 Å². The molecule has 108 valence electrons. The lowest BCUT2D eigenvalue weighted by Gasteiger charge is -2.23. The number of non-ortho nitro benzene ring substituents is 1. The van der Waals surface area contributed by atoms with E-state index in [1.165, 1.54) is 11.8 Å². The maximum Gasteiger partial charge on any atom is 0.270 e. The molecule has 0 unspecified atom stereocenters. The third-order valence-electron chi connectivity index (χ3n) is 3.53. The molecule has 0 aromatic heterocycles. The maximum atomic E-state index is 14.0. The van der Waals surface area contributed by atoms with Crippen LogP contribution >= 0.6 is 0 Å². The second-order valence-corrected chi connectivity index (χ2v) is 4.86. The predicted octanol–water partition coefficient (Wildman–Crippen LogP) is 1.64. The number of hydrogen-bond donors (Lipinski definition) is 1. The number of nitrogens with zero attached hydrogens (tertiary/aromatic N) is 2. The Hall–Kier alpha value is -2.02. The van der Waals surface area contributed by atoms with Gasteiger partial charge >= 0.3 is 0 Å². The molecule has 1 amide bonds. The summed E-state index contributed by atoms with van der Waals surface area (Å²) in [6.45, 7) is 1.61. The van der Waals surface area contributed by atoms with Gasteiger partial charge in [0.25, 0.3) is 11.6 Å². The Balaban J connectivity index is 2.41. The third-order valence-corrected chi connectivity index (χ3v) is 3.53. The van der Waals surface area contributed by atoms with Crippen molar-refractivity contribution < 1.29 is 19.2 Å². The number of carbonyl (C=O) groups is 1. The van der Waals surface area contributed by atoms with Crippen molar-refractivity contribution in [3.63, 3.8) is 0 Å². The van der Waals surface area contributed by atoms with E-state index in [4.69, 9.17) is 0 Å². The number of nitro groups is 1. The standard InChI is InChI=1S/C13H15FN2O4/c1-8-5-10(16(19)20)6-11(12(8)14)13(18)15-4-2-3-9(15)7-17/h5-6,9,17H,2-4,7H2,1H3/t9-/m1/s1. The van der Waals surface area contributed by atoms with Gasteiger partial charge in [0.05, 0.1) is 23.1 Å². The van der Waals surface area contributed by atoms with Gasteiger partial charge in [-0.15, -0.1) is 0 Å². The van der Waals surface area contributed by atoms with Crippen molar-refractivity contribution in [3.8, 4) is 0 Å². The van der Waals surface area contributed by atoms with Crippen molar-refractivity contribution in [2.45, 2.75) is 25.8 Å². The van der Waals surface area contributed by atoms with Crippen LogP contribution in [0.3, 0.4) is 0 Å². The molecule has 1 N–H and O–H groups in total. The number of aliphatic hydroxyl groups is 1. The molecule has 0 aliphatic carbocycles. The molecule has 1 fully saturated rings. The average molecular weight is 282 g/mol. The zero-order chi connectivity index (χ0) is 14.9. The molecular formula is C13H15FN2O4. The van der Waals surface area contributed by atoms with Crippen molar-refractivity contribution in [1.82, 2.24) is 4.90 Å². The normalized spacial score (nSPS) is 18.4. The summed E-state index contributed by atoms with van der Waals surface area (Å²) in [5, 5.41) is 20.0. The molecule has 6 nitrogen and oxygen atoms in total. The zero-order valence-corrected chi connectivity index (χ0v) is 11.0. The number of hydrogen-bond acceptors (Lipinski definition) is 4. The van der Waals surface area contributed by atoms with Crippen LogP contribution in [0.2, 0.25) is 0 Å². The number of aliphatic hydroxyl groups excluding tert-OH is 1. The van der Waals surface area contributed by atoms with Gasteiger partial charge in [-0.1, -0.05) is 0 Å². The highest BCUT2D eigenvalue weighted by Gasteiger charge is 2.31. The van der Waals surface area contributed by atoms with Crippen LogP contribution in [0.25, 0.3) is 0 Å². The molecule has 1 aromatic carbocycles. The Bertz CT molecular complexity index is 562. The molecule has 1 aliphatic heterocycles. The molecule has 0 radical (unpaired) electrons. The van der Waals surface area contributed by atoms with Crippen LogP contribution in [0.15, 0.2) is 12.1 Å². The van der Waals surface area contributed by atoms with Crippen molar-refractivity contribution in [2.24, 2.45) is 0 Å². The lowest BCUT2D eigenvalue weighted by molar-refractivity contribution is -0.385. The van der Waals surface area contributed by atoms with E-state index >= 15 is 0 Å². The molecule has 0 bridgehead atoms. The van der Waals surface area contributed by atoms with E-state index in [1.54, 1.807) is 0 Å². The number of rotatable bonds is 3. The lowest BCUT2D eigenvalue weighted by Crippen LogP contribution is -2.38. The number of halogens is 1. The van der Waals surface area contributed by atoms with Gasteiger partial charge in [0.15, 0.2) is 0 Å². The van der Waals surface area contributed by atoms with Gasteiger partial charge in [0, 0.05) is 18.7 Å². The summed E-state index contributed by atoms with van der Waals surface area (Å²) in [6.07, 6.45) is 1.38. The van der Waals surface area contributed by atoms with Gasteiger partial charge in [-0.3, -0.25) is 14.9 Å². The second-order valence-electron chi connectivity index (χ2n) is 4.86. The summed E-state index contributed by atoms with van der Waals surface area (Å²) in [6, 6.07) is 1.71. The fourth-order valence-electron chi connectivity index (χ4n) is 2.46. The molecule has 1 saturated heterocycles. The molecule has 7 heteroatoms. The fraction of sp³-hybridized carbons (Fsp3) is 0.462. The van der Waals surface area contributed by atoms with E-state index in [-0.39, 0.29) is 29.5 Å². The van der Waals surface area contributed by atoms with Crippen molar-refractivity contribution in [2.75, 3.05) is 13.2 Å². The lowest BCUT2D eigenvalue weighted by atomic mass is 10.1. The first-order valence-corrected chi connectivity index (χ1v) is 6.32. The smallest absolute Gasteiger partial charge is 0.270 e. The highest BCUT2D eigenvalue weighted by atomic mass is 19.1. The third kappa shape index (κ3) is 2.49. The monoisotopic (exact) mass is 282 g/mol.